The van der Waals surface area contributed by atoms with Crippen molar-refractivity contribution in [2.45, 2.75) is 45.3 Å². The molecule has 1 amide bonds. The normalized spacial score (nSPS) is 11.1. The van der Waals surface area contributed by atoms with Gasteiger partial charge in [-0.1, -0.05) is 20.4 Å². The van der Waals surface area contributed by atoms with E-state index in [2.05, 4.69) is 11.9 Å². The first-order chi connectivity index (χ1) is 7.62. The SMILES string of the molecule is C=CC(=O)NCCC.CCC(C)(C)S(=O)(=O)O. The Morgan fingerprint density at radius 1 is 1.41 bits per heavy atom. The molecule has 6 heteroatoms. The van der Waals surface area contributed by atoms with Gasteiger partial charge in [-0.05, 0) is 32.8 Å². The highest BCUT2D eigenvalue weighted by Crippen LogP contribution is 2.17. The van der Waals surface area contributed by atoms with Crippen molar-refractivity contribution in [3.63, 3.8) is 0 Å². The van der Waals surface area contributed by atoms with Crippen molar-refractivity contribution in [2.24, 2.45) is 0 Å². The molecule has 0 aliphatic heterocycles. The van der Waals surface area contributed by atoms with Crippen molar-refractivity contribution in [3.05, 3.63) is 12.7 Å². The van der Waals surface area contributed by atoms with Crippen LogP contribution in [0.3, 0.4) is 0 Å². The Morgan fingerprint density at radius 3 is 2.06 bits per heavy atom. The maximum Gasteiger partial charge on any atom is 0.270 e. The minimum Gasteiger partial charge on any atom is -0.353 e. The number of carbonyl (C=O) groups excluding carboxylic acids is 1. The Balaban J connectivity index is 0. The summed E-state index contributed by atoms with van der Waals surface area (Å²) >= 11 is 0. The summed E-state index contributed by atoms with van der Waals surface area (Å²) in [7, 11) is -3.85. The van der Waals surface area contributed by atoms with Crippen molar-refractivity contribution < 1.29 is 17.8 Å². The molecule has 0 radical (unpaired) electrons. The van der Waals surface area contributed by atoms with Gasteiger partial charge in [0.2, 0.25) is 5.91 Å². The van der Waals surface area contributed by atoms with Gasteiger partial charge in [-0.15, -0.1) is 0 Å². The average molecular weight is 265 g/mol. The summed E-state index contributed by atoms with van der Waals surface area (Å²) in [6, 6.07) is 0. The quantitative estimate of drug-likeness (QED) is 0.586. The largest absolute Gasteiger partial charge is 0.353 e. The van der Waals surface area contributed by atoms with Gasteiger partial charge in [-0.25, -0.2) is 0 Å². The Labute approximate surface area is 104 Å². The molecule has 102 valence electrons. The summed E-state index contributed by atoms with van der Waals surface area (Å²) in [5.41, 5.74) is 0. The van der Waals surface area contributed by atoms with Crippen molar-refractivity contribution in [3.8, 4) is 0 Å². The van der Waals surface area contributed by atoms with Crippen LogP contribution in [0.4, 0.5) is 0 Å². The third-order valence-corrected chi connectivity index (χ3v) is 3.97. The van der Waals surface area contributed by atoms with Gasteiger partial charge in [0.25, 0.3) is 10.1 Å². The van der Waals surface area contributed by atoms with Crippen molar-refractivity contribution >= 4 is 16.0 Å². The molecular formula is C11H23NO4S. The summed E-state index contributed by atoms with van der Waals surface area (Å²) in [6.45, 7) is 10.7. The number of rotatable bonds is 5. The van der Waals surface area contributed by atoms with Crippen molar-refractivity contribution in [2.75, 3.05) is 6.54 Å². The molecule has 0 aliphatic carbocycles. The van der Waals surface area contributed by atoms with E-state index in [0.717, 1.165) is 13.0 Å². The van der Waals surface area contributed by atoms with E-state index in [1.807, 2.05) is 6.92 Å². The molecular weight excluding hydrogens is 242 g/mol. The van der Waals surface area contributed by atoms with Crippen LogP contribution in [0.15, 0.2) is 12.7 Å². The van der Waals surface area contributed by atoms with Gasteiger partial charge < -0.3 is 5.32 Å². The average Bonchev–Trinajstić information content (AvgIpc) is 2.25. The van der Waals surface area contributed by atoms with Crippen LogP contribution in [-0.4, -0.2) is 30.2 Å². The molecule has 0 aromatic rings. The van der Waals surface area contributed by atoms with Gasteiger partial charge in [0.05, 0.1) is 4.75 Å². The molecule has 0 spiro atoms. The fraction of sp³-hybridized carbons (Fsp3) is 0.727. The molecule has 0 fully saturated rings. The van der Waals surface area contributed by atoms with Gasteiger partial charge >= 0.3 is 0 Å². The number of carbonyl (C=O) groups is 1. The maximum atomic E-state index is 10.4. The molecule has 0 saturated heterocycles. The molecule has 0 bridgehead atoms. The lowest BCUT2D eigenvalue weighted by Crippen LogP contribution is -2.29. The molecule has 5 nitrogen and oxygen atoms in total. The molecule has 0 saturated carbocycles. The monoisotopic (exact) mass is 265 g/mol. The van der Waals surface area contributed by atoms with E-state index in [1.165, 1.54) is 19.9 Å². The summed E-state index contributed by atoms with van der Waals surface area (Å²) in [6.07, 6.45) is 2.67. The van der Waals surface area contributed by atoms with Crippen LogP contribution in [0.1, 0.15) is 40.5 Å². The minimum atomic E-state index is -3.85. The van der Waals surface area contributed by atoms with E-state index in [-0.39, 0.29) is 5.91 Å². The van der Waals surface area contributed by atoms with Crippen LogP contribution in [-0.2, 0) is 14.9 Å². The second-order valence-electron chi connectivity index (χ2n) is 4.08. The first-order valence-electron chi connectivity index (χ1n) is 5.49. The lowest BCUT2D eigenvalue weighted by Gasteiger charge is -2.17. The summed E-state index contributed by atoms with van der Waals surface area (Å²) in [5, 5.41) is 2.62. The Hall–Kier alpha value is -0.880. The molecule has 0 aromatic heterocycles. The fourth-order valence-electron chi connectivity index (χ4n) is 0.503. The highest BCUT2D eigenvalue weighted by molar-refractivity contribution is 7.87. The lowest BCUT2D eigenvalue weighted by molar-refractivity contribution is -0.116. The second kappa shape index (κ2) is 8.25. The van der Waals surface area contributed by atoms with E-state index in [4.69, 9.17) is 4.55 Å². The smallest absolute Gasteiger partial charge is 0.270 e. The zero-order valence-corrected chi connectivity index (χ0v) is 11.8. The highest BCUT2D eigenvalue weighted by atomic mass is 32.2. The molecule has 0 atom stereocenters. The zero-order chi connectivity index (χ0) is 14.1. The molecule has 17 heavy (non-hydrogen) atoms. The van der Waals surface area contributed by atoms with E-state index in [1.54, 1.807) is 6.92 Å². The Kier molecular flexibility index (Phi) is 8.97. The number of hydrogen-bond acceptors (Lipinski definition) is 3. The van der Waals surface area contributed by atoms with Crippen LogP contribution in [0.25, 0.3) is 0 Å². The predicted octanol–water partition coefficient (Wildman–Crippen LogP) is 1.76. The van der Waals surface area contributed by atoms with Crippen LogP contribution < -0.4 is 5.32 Å². The third-order valence-electron chi connectivity index (χ3n) is 2.28. The molecule has 0 aromatic carbocycles. The maximum absolute atomic E-state index is 10.4. The number of nitrogens with one attached hydrogen (secondary N) is 1. The van der Waals surface area contributed by atoms with Crippen LogP contribution in [0.5, 0.6) is 0 Å². The van der Waals surface area contributed by atoms with Gasteiger partial charge in [-0.3, -0.25) is 9.35 Å². The van der Waals surface area contributed by atoms with Crippen LogP contribution >= 0.6 is 0 Å². The zero-order valence-electron chi connectivity index (χ0n) is 11.0. The topological polar surface area (TPSA) is 83.5 Å². The molecule has 0 aliphatic rings. The standard InChI is InChI=1S/C6H11NO.C5H12O3S/c1-3-5-7-6(8)4-2;1-4-5(2,3)9(6,7)8/h4H,2-3,5H2,1H3,(H,7,8);4H2,1-3H3,(H,6,7,8). The summed E-state index contributed by atoms with van der Waals surface area (Å²) in [4.78, 5) is 10.3. The van der Waals surface area contributed by atoms with E-state index >= 15 is 0 Å². The first-order valence-corrected chi connectivity index (χ1v) is 6.93. The van der Waals surface area contributed by atoms with Crippen LogP contribution in [0.2, 0.25) is 0 Å². The lowest BCUT2D eigenvalue weighted by atomic mass is 10.1. The van der Waals surface area contributed by atoms with Gasteiger partial charge in [0.1, 0.15) is 0 Å². The molecule has 0 unspecified atom stereocenters. The number of hydrogen-bond donors (Lipinski definition) is 2. The third kappa shape index (κ3) is 8.88. The van der Waals surface area contributed by atoms with E-state index in [0.29, 0.717) is 6.42 Å². The fourth-order valence-corrected chi connectivity index (χ4v) is 0.868. The van der Waals surface area contributed by atoms with Crippen LogP contribution in [0, 0.1) is 0 Å². The predicted molar refractivity (Wildman–Crippen MR) is 69.4 cm³/mol. The molecule has 0 heterocycles. The van der Waals surface area contributed by atoms with E-state index < -0.39 is 14.9 Å². The van der Waals surface area contributed by atoms with Crippen molar-refractivity contribution in [1.82, 2.24) is 5.32 Å². The molecule has 0 rings (SSSR count). The van der Waals surface area contributed by atoms with E-state index in [9.17, 15) is 13.2 Å². The summed E-state index contributed by atoms with van der Waals surface area (Å²) in [5.74, 6) is -0.0909. The van der Waals surface area contributed by atoms with Gasteiger partial charge in [-0.2, -0.15) is 8.42 Å². The first kappa shape index (κ1) is 18.5. The Bertz CT molecular complexity index is 333. The van der Waals surface area contributed by atoms with Gasteiger partial charge in [0, 0.05) is 6.54 Å². The Morgan fingerprint density at radius 2 is 1.88 bits per heavy atom. The minimum absolute atomic E-state index is 0.0909. The summed E-state index contributed by atoms with van der Waals surface area (Å²) < 4.78 is 28.4. The van der Waals surface area contributed by atoms with Gasteiger partial charge in [0.15, 0.2) is 0 Å². The second-order valence-corrected chi connectivity index (χ2v) is 6.14. The highest BCUT2D eigenvalue weighted by Gasteiger charge is 2.29. The molecule has 2 N–H and O–H groups in total. The van der Waals surface area contributed by atoms with Crippen molar-refractivity contribution in [1.29, 1.82) is 0 Å². The number of amides is 1.